The van der Waals surface area contributed by atoms with Crippen molar-refractivity contribution < 1.29 is 9.53 Å². The third kappa shape index (κ3) is 2.92. The fraction of sp³-hybridized carbons (Fsp3) is 0.350. The van der Waals surface area contributed by atoms with Gasteiger partial charge in [0.05, 0.1) is 23.6 Å². The number of fused-ring (bicyclic) bond motifs is 2. The minimum atomic E-state index is -0.212. The molecule has 26 heavy (non-hydrogen) atoms. The standard InChI is InChI=1S/C20H21N3O3/c1-26-14-9-10-17-16(12-14)20(25)23-11-5-8-15(18(23)22-17)19(24)21-13-6-3-2-4-7-13/h5,8-13H,2-4,6-7H2,1H3,(H,21,24). The number of pyridine rings is 1. The number of methoxy groups -OCH3 is 1. The summed E-state index contributed by atoms with van der Waals surface area (Å²) in [6.45, 7) is 0. The molecule has 0 bridgehead atoms. The van der Waals surface area contributed by atoms with E-state index < -0.39 is 0 Å². The molecule has 1 aliphatic carbocycles. The van der Waals surface area contributed by atoms with Crippen LogP contribution in [0.15, 0.2) is 41.3 Å². The molecule has 4 rings (SSSR count). The van der Waals surface area contributed by atoms with Crippen LogP contribution in [0.1, 0.15) is 42.5 Å². The van der Waals surface area contributed by atoms with Gasteiger partial charge >= 0.3 is 0 Å². The fourth-order valence-corrected chi connectivity index (χ4v) is 3.62. The molecule has 6 nitrogen and oxygen atoms in total. The van der Waals surface area contributed by atoms with Crippen LogP contribution >= 0.6 is 0 Å². The first-order valence-corrected chi connectivity index (χ1v) is 8.97. The van der Waals surface area contributed by atoms with Crippen molar-refractivity contribution in [1.82, 2.24) is 14.7 Å². The predicted octanol–water partition coefficient (Wildman–Crippen LogP) is 2.92. The Bertz CT molecular complexity index is 1040. The molecule has 1 amide bonds. The quantitative estimate of drug-likeness (QED) is 0.737. The third-order valence-corrected chi connectivity index (χ3v) is 5.03. The van der Waals surface area contributed by atoms with Crippen LogP contribution in [0.25, 0.3) is 16.6 Å². The Labute approximate surface area is 150 Å². The molecule has 1 aliphatic rings. The minimum absolute atomic E-state index is 0.172. The van der Waals surface area contributed by atoms with Crippen LogP contribution in [0, 0.1) is 0 Å². The van der Waals surface area contributed by atoms with Gasteiger partial charge in [-0.2, -0.15) is 0 Å². The fourth-order valence-electron chi connectivity index (χ4n) is 3.62. The molecule has 134 valence electrons. The molecule has 3 aromatic rings. The van der Waals surface area contributed by atoms with Gasteiger partial charge in [-0.25, -0.2) is 4.98 Å². The Morgan fingerprint density at radius 1 is 1.23 bits per heavy atom. The van der Waals surface area contributed by atoms with Crippen LogP contribution in [0.5, 0.6) is 5.75 Å². The van der Waals surface area contributed by atoms with Crippen LogP contribution in [-0.4, -0.2) is 28.4 Å². The van der Waals surface area contributed by atoms with Gasteiger partial charge in [0, 0.05) is 12.2 Å². The van der Waals surface area contributed by atoms with Crippen molar-refractivity contribution in [3.8, 4) is 5.75 Å². The van der Waals surface area contributed by atoms with Crippen LogP contribution < -0.4 is 15.6 Å². The highest BCUT2D eigenvalue weighted by atomic mass is 16.5. The second-order valence-corrected chi connectivity index (χ2v) is 6.72. The van der Waals surface area contributed by atoms with Gasteiger partial charge < -0.3 is 10.1 Å². The predicted molar refractivity (Wildman–Crippen MR) is 99.9 cm³/mol. The van der Waals surface area contributed by atoms with Gasteiger partial charge in [-0.1, -0.05) is 19.3 Å². The number of amides is 1. The first kappa shape index (κ1) is 16.6. The lowest BCUT2D eigenvalue weighted by atomic mass is 9.95. The van der Waals surface area contributed by atoms with E-state index in [4.69, 9.17) is 4.74 Å². The maximum atomic E-state index is 12.9. The van der Waals surface area contributed by atoms with Crippen molar-refractivity contribution in [1.29, 1.82) is 0 Å². The Morgan fingerprint density at radius 3 is 2.81 bits per heavy atom. The zero-order valence-corrected chi connectivity index (χ0v) is 14.7. The Hall–Kier alpha value is -2.89. The van der Waals surface area contributed by atoms with Crippen LogP contribution in [-0.2, 0) is 0 Å². The number of nitrogens with zero attached hydrogens (tertiary/aromatic N) is 2. The van der Waals surface area contributed by atoms with Gasteiger partial charge in [-0.3, -0.25) is 14.0 Å². The zero-order chi connectivity index (χ0) is 18.1. The summed E-state index contributed by atoms with van der Waals surface area (Å²) in [5, 5.41) is 3.56. The topological polar surface area (TPSA) is 72.7 Å². The van der Waals surface area contributed by atoms with Gasteiger partial charge in [0.25, 0.3) is 11.5 Å². The van der Waals surface area contributed by atoms with Crippen LogP contribution in [0.2, 0.25) is 0 Å². The highest BCUT2D eigenvalue weighted by molar-refractivity contribution is 6.00. The first-order chi connectivity index (χ1) is 12.7. The van der Waals surface area contributed by atoms with E-state index in [-0.39, 0.29) is 17.5 Å². The first-order valence-electron chi connectivity index (χ1n) is 8.97. The summed E-state index contributed by atoms with van der Waals surface area (Å²) >= 11 is 0. The molecule has 1 aromatic carbocycles. The van der Waals surface area contributed by atoms with E-state index in [9.17, 15) is 9.59 Å². The molecule has 1 N–H and O–H groups in total. The SMILES string of the molecule is COc1ccc2nc3c(C(=O)NC4CCCCC4)cccn3c(=O)c2c1. The summed E-state index contributed by atoms with van der Waals surface area (Å²) < 4.78 is 6.62. The molecule has 0 spiro atoms. The van der Waals surface area contributed by atoms with E-state index in [0.29, 0.717) is 27.9 Å². The molecule has 1 fully saturated rings. The molecule has 0 unspecified atom stereocenters. The van der Waals surface area contributed by atoms with E-state index in [1.165, 1.54) is 10.8 Å². The van der Waals surface area contributed by atoms with E-state index in [0.717, 1.165) is 25.7 Å². The number of nitrogens with one attached hydrogen (secondary N) is 1. The van der Waals surface area contributed by atoms with E-state index >= 15 is 0 Å². The van der Waals surface area contributed by atoms with E-state index in [2.05, 4.69) is 10.3 Å². The van der Waals surface area contributed by atoms with E-state index in [1.807, 2.05) is 0 Å². The number of hydrogen-bond acceptors (Lipinski definition) is 4. The van der Waals surface area contributed by atoms with Gasteiger partial charge in [0.15, 0.2) is 5.65 Å². The Balaban J connectivity index is 1.80. The summed E-state index contributed by atoms with van der Waals surface area (Å²) in [7, 11) is 1.56. The lowest BCUT2D eigenvalue weighted by Gasteiger charge is -2.23. The average Bonchev–Trinajstić information content (AvgIpc) is 2.68. The lowest BCUT2D eigenvalue weighted by molar-refractivity contribution is 0.0929. The number of aromatic nitrogens is 2. The van der Waals surface area contributed by atoms with Crippen molar-refractivity contribution in [2.75, 3.05) is 7.11 Å². The molecule has 2 aromatic heterocycles. The normalized spacial score (nSPS) is 15.3. The molecule has 1 saturated carbocycles. The molecular weight excluding hydrogens is 330 g/mol. The number of carbonyl (C=O) groups is 1. The van der Waals surface area contributed by atoms with Gasteiger partial charge in [0.1, 0.15) is 5.75 Å². The zero-order valence-electron chi connectivity index (χ0n) is 14.7. The second kappa shape index (κ2) is 6.78. The highest BCUT2D eigenvalue weighted by Crippen LogP contribution is 2.20. The van der Waals surface area contributed by atoms with Gasteiger partial charge in [0.2, 0.25) is 0 Å². The third-order valence-electron chi connectivity index (χ3n) is 5.03. The monoisotopic (exact) mass is 351 g/mol. The number of ether oxygens (including phenoxy) is 1. The molecule has 0 aliphatic heterocycles. The van der Waals surface area contributed by atoms with Crippen LogP contribution in [0.4, 0.5) is 0 Å². The molecule has 6 heteroatoms. The maximum Gasteiger partial charge on any atom is 0.265 e. The lowest BCUT2D eigenvalue weighted by Crippen LogP contribution is -2.36. The Kier molecular flexibility index (Phi) is 4.32. The highest BCUT2D eigenvalue weighted by Gasteiger charge is 2.19. The summed E-state index contributed by atoms with van der Waals surface area (Å²) in [5.74, 6) is 0.428. The summed E-state index contributed by atoms with van der Waals surface area (Å²) in [6.07, 6.45) is 7.17. The largest absolute Gasteiger partial charge is 0.497 e. The Morgan fingerprint density at radius 2 is 2.04 bits per heavy atom. The smallest absolute Gasteiger partial charge is 0.265 e. The summed E-state index contributed by atoms with van der Waals surface area (Å²) in [5.41, 5.74) is 1.14. The second-order valence-electron chi connectivity index (χ2n) is 6.72. The average molecular weight is 351 g/mol. The number of rotatable bonds is 3. The summed E-state index contributed by atoms with van der Waals surface area (Å²) in [4.78, 5) is 30.2. The number of carbonyl (C=O) groups excluding carboxylic acids is 1. The van der Waals surface area contributed by atoms with Crippen molar-refractivity contribution in [3.05, 3.63) is 52.4 Å². The molecule has 0 radical (unpaired) electrons. The van der Waals surface area contributed by atoms with Gasteiger partial charge in [-0.15, -0.1) is 0 Å². The molecular formula is C20H21N3O3. The van der Waals surface area contributed by atoms with Crippen molar-refractivity contribution in [2.24, 2.45) is 0 Å². The number of hydrogen-bond donors (Lipinski definition) is 1. The molecule has 2 heterocycles. The maximum absolute atomic E-state index is 12.9. The van der Waals surface area contributed by atoms with Crippen LogP contribution in [0.3, 0.4) is 0 Å². The molecule has 0 atom stereocenters. The summed E-state index contributed by atoms with van der Waals surface area (Å²) in [6, 6.07) is 8.80. The van der Waals surface area contributed by atoms with E-state index in [1.54, 1.807) is 43.6 Å². The number of benzene rings is 1. The van der Waals surface area contributed by atoms with Crippen molar-refractivity contribution in [3.63, 3.8) is 0 Å². The van der Waals surface area contributed by atoms with Gasteiger partial charge in [-0.05, 0) is 43.2 Å². The van der Waals surface area contributed by atoms with Crippen molar-refractivity contribution >= 4 is 22.5 Å². The minimum Gasteiger partial charge on any atom is -0.497 e. The molecule has 0 saturated heterocycles. The van der Waals surface area contributed by atoms with Crippen molar-refractivity contribution in [2.45, 2.75) is 38.1 Å².